The van der Waals surface area contributed by atoms with Crippen molar-refractivity contribution in [1.82, 2.24) is 4.31 Å². The molecule has 4 nitrogen and oxygen atoms in total. The van der Waals surface area contributed by atoms with Crippen LogP contribution in [0, 0.1) is 0 Å². The van der Waals surface area contributed by atoms with Crippen LogP contribution in [0.1, 0.15) is 13.3 Å². The van der Waals surface area contributed by atoms with Crippen molar-refractivity contribution in [3.63, 3.8) is 0 Å². The van der Waals surface area contributed by atoms with Crippen LogP contribution in [-0.4, -0.2) is 31.9 Å². The Morgan fingerprint density at radius 2 is 2.00 bits per heavy atom. The first-order chi connectivity index (χ1) is 4.52. The van der Waals surface area contributed by atoms with E-state index in [1.54, 1.807) is 0 Å². The molecule has 0 atom stereocenters. The van der Waals surface area contributed by atoms with Gasteiger partial charge in [-0.2, -0.15) is 0 Å². The summed E-state index contributed by atoms with van der Waals surface area (Å²) in [4.78, 5) is 10.1. The van der Waals surface area contributed by atoms with Crippen LogP contribution in [0.2, 0.25) is 0 Å². The van der Waals surface area contributed by atoms with Gasteiger partial charge < -0.3 is 0 Å². The Bertz CT molecular complexity index is 197. The fourth-order valence-corrected chi connectivity index (χ4v) is 1.19. The molecule has 0 aromatic rings. The van der Waals surface area contributed by atoms with Crippen molar-refractivity contribution in [2.24, 2.45) is 0 Å². The number of hydrogen-bond acceptors (Lipinski definition) is 3. The molecule has 0 aliphatic heterocycles. The Morgan fingerprint density at radius 3 is 2.10 bits per heavy atom. The minimum Gasteiger partial charge on any atom is -0.278 e. The van der Waals surface area contributed by atoms with E-state index in [0.717, 1.165) is 10.6 Å². The quantitative estimate of drug-likeness (QED) is 0.543. The lowest BCUT2D eigenvalue weighted by Crippen LogP contribution is -2.29. The van der Waals surface area contributed by atoms with Crippen molar-refractivity contribution in [3.05, 3.63) is 0 Å². The van der Waals surface area contributed by atoms with Crippen LogP contribution in [0.5, 0.6) is 0 Å². The number of rotatable bonds is 4. The van der Waals surface area contributed by atoms with E-state index in [0.29, 0.717) is 12.8 Å². The summed E-state index contributed by atoms with van der Waals surface area (Å²) in [7, 11) is -3.31. The van der Waals surface area contributed by atoms with E-state index in [1.807, 2.05) is 6.92 Å². The van der Waals surface area contributed by atoms with E-state index in [1.165, 1.54) is 0 Å². The van der Waals surface area contributed by atoms with E-state index in [4.69, 9.17) is 0 Å². The van der Waals surface area contributed by atoms with E-state index in [-0.39, 0.29) is 6.54 Å². The van der Waals surface area contributed by atoms with E-state index < -0.39 is 10.0 Å². The van der Waals surface area contributed by atoms with Crippen LogP contribution >= 0.6 is 0 Å². The van der Waals surface area contributed by atoms with Crippen LogP contribution < -0.4 is 0 Å². The molecule has 60 valence electrons. The van der Waals surface area contributed by atoms with Gasteiger partial charge in [-0.15, -0.1) is 0 Å². The van der Waals surface area contributed by atoms with Crippen LogP contribution in [0.4, 0.5) is 0 Å². The van der Waals surface area contributed by atoms with Crippen molar-refractivity contribution in [3.8, 4) is 0 Å². The Morgan fingerprint density at radius 1 is 1.50 bits per heavy atom. The zero-order valence-electron chi connectivity index (χ0n) is 6.07. The number of hydrogen-bond donors (Lipinski definition) is 0. The standard InChI is InChI=1S/C5H11NO3S/c1-3-4-6(5-7)10(2,8)9/h5H,3-4H2,1-2H3. The maximum atomic E-state index is 10.6. The van der Waals surface area contributed by atoms with Crippen LogP contribution in [-0.2, 0) is 14.8 Å². The van der Waals surface area contributed by atoms with E-state index in [2.05, 4.69) is 0 Å². The summed E-state index contributed by atoms with van der Waals surface area (Å²) in [5.41, 5.74) is 0. The number of carbonyl (C=O) groups is 1. The molecule has 0 aliphatic rings. The molecule has 5 heteroatoms. The largest absolute Gasteiger partial charge is 0.278 e. The molecule has 1 amide bonds. The maximum Gasteiger partial charge on any atom is 0.234 e. The summed E-state index contributed by atoms with van der Waals surface area (Å²) in [5.74, 6) is 0. The van der Waals surface area contributed by atoms with Crippen molar-refractivity contribution in [2.75, 3.05) is 12.8 Å². The van der Waals surface area contributed by atoms with Gasteiger partial charge in [-0.3, -0.25) is 4.79 Å². The summed E-state index contributed by atoms with van der Waals surface area (Å²) in [5, 5.41) is 0. The minimum atomic E-state index is -3.31. The molecule has 0 radical (unpaired) electrons. The Hall–Kier alpha value is -0.580. The molecule has 0 aromatic carbocycles. The topological polar surface area (TPSA) is 54.5 Å². The molecule has 0 bridgehead atoms. The van der Waals surface area contributed by atoms with Gasteiger partial charge in [0.1, 0.15) is 0 Å². The van der Waals surface area contributed by atoms with Crippen LogP contribution in [0.25, 0.3) is 0 Å². The fraction of sp³-hybridized carbons (Fsp3) is 0.800. The highest BCUT2D eigenvalue weighted by atomic mass is 32.2. The smallest absolute Gasteiger partial charge is 0.234 e. The molecule has 10 heavy (non-hydrogen) atoms. The molecule has 0 saturated heterocycles. The molecular formula is C5H11NO3S. The zero-order valence-corrected chi connectivity index (χ0v) is 6.89. The average molecular weight is 165 g/mol. The van der Waals surface area contributed by atoms with E-state index in [9.17, 15) is 13.2 Å². The van der Waals surface area contributed by atoms with Gasteiger partial charge in [0.15, 0.2) is 0 Å². The van der Waals surface area contributed by atoms with Crippen molar-refractivity contribution >= 4 is 16.4 Å². The summed E-state index contributed by atoms with van der Waals surface area (Å²) in [6.45, 7) is 2.07. The number of sulfonamides is 1. The van der Waals surface area contributed by atoms with Crippen molar-refractivity contribution in [1.29, 1.82) is 0 Å². The van der Waals surface area contributed by atoms with Gasteiger partial charge in [0.05, 0.1) is 6.26 Å². The average Bonchev–Trinajstić information content (AvgIpc) is 1.80. The second kappa shape index (κ2) is 3.55. The van der Waals surface area contributed by atoms with Gasteiger partial charge in [-0.25, -0.2) is 12.7 Å². The Labute approximate surface area is 60.9 Å². The second-order valence-corrected chi connectivity index (χ2v) is 3.91. The fourth-order valence-electron chi connectivity index (χ4n) is 0.517. The summed E-state index contributed by atoms with van der Waals surface area (Å²) < 4.78 is 22.1. The lowest BCUT2D eigenvalue weighted by atomic mass is 10.5. The summed E-state index contributed by atoms with van der Waals surface area (Å²) >= 11 is 0. The molecule has 0 spiro atoms. The predicted octanol–water partition coefficient (Wildman–Crippen LogP) is -0.186. The molecular weight excluding hydrogens is 154 g/mol. The Kier molecular flexibility index (Phi) is 3.35. The van der Waals surface area contributed by atoms with Gasteiger partial charge in [-0.05, 0) is 6.42 Å². The number of nitrogens with zero attached hydrogens (tertiary/aromatic N) is 1. The lowest BCUT2D eigenvalue weighted by Gasteiger charge is -2.11. The number of carbonyl (C=O) groups excluding carboxylic acids is 1. The first-order valence-electron chi connectivity index (χ1n) is 2.94. The van der Waals surface area contributed by atoms with Gasteiger partial charge >= 0.3 is 0 Å². The molecule has 0 rings (SSSR count). The molecule has 0 aromatic heterocycles. The predicted molar refractivity (Wildman–Crippen MR) is 37.9 cm³/mol. The highest BCUT2D eigenvalue weighted by Gasteiger charge is 2.10. The number of amides is 1. The van der Waals surface area contributed by atoms with Gasteiger partial charge in [0, 0.05) is 6.54 Å². The SMILES string of the molecule is CCCN(C=O)S(C)(=O)=O. The van der Waals surface area contributed by atoms with Gasteiger partial charge in [0.2, 0.25) is 16.4 Å². The highest BCUT2D eigenvalue weighted by molar-refractivity contribution is 7.88. The molecule has 0 unspecified atom stereocenters. The summed E-state index contributed by atoms with van der Waals surface area (Å²) in [6.07, 6.45) is 1.99. The highest BCUT2D eigenvalue weighted by Crippen LogP contribution is 1.93. The van der Waals surface area contributed by atoms with E-state index >= 15 is 0 Å². The molecule has 0 N–H and O–H groups in total. The maximum absolute atomic E-state index is 10.6. The first kappa shape index (κ1) is 9.42. The minimum absolute atomic E-state index is 0.266. The molecule has 0 fully saturated rings. The normalized spacial score (nSPS) is 11.0. The first-order valence-corrected chi connectivity index (χ1v) is 4.79. The molecule has 0 aliphatic carbocycles. The third-order valence-electron chi connectivity index (χ3n) is 0.988. The third-order valence-corrected chi connectivity index (χ3v) is 2.11. The third kappa shape index (κ3) is 2.82. The monoisotopic (exact) mass is 165 g/mol. The van der Waals surface area contributed by atoms with Gasteiger partial charge in [-0.1, -0.05) is 6.92 Å². The zero-order chi connectivity index (χ0) is 8.20. The Balaban J connectivity index is 4.22. The van der Waals surface area contributed by atoms with Crippen LogP contribution in [0.3, 0.4) is 0 Å². The lowest BCUT2D eigenvalue weighted by molar-refractivity contribution is -0.114. The summed E-state index contributed by atoms with van der Waals surface area (Å²) in [6, 6.07) is 0. The van der Waals surface area contributed by atoms with Gasteiger partial charge in [0.25, 0.3) is 0 Å². The van der Waals surface area contributed by atoms with Crippen molar-refractivity contribution in [2.45, 2.75) is 13.3 Å². The second-order valence-electron chi connectivity index (χ2n) is 1.98. The van der Waals surface area contributed by atoms with Crippen molar-refractivity contribution < 1.29 is 13.2 Å². The van der Waals surface area contributed by atoms with Crippen LogP contribution in [0.15, 0.2) is 0 Å². The molecule has 0 heterocycles. The molecule has 0 saturated carbocycles.